The van der Waals surface area contributed by atoms with Gasteiger partial charge >= 0.3 is 0 Å². The van der Waals surface area contributed by atoms with Gasteiger partial charge in [0, 0.05) is 17.6 Å². The Kier molecular flexibility index (Phi) is 4.17. The minimum atomic E-state index is -0.423. The van der Waals surface area contributed by atoms with Crippen LogP contribution in [0, 0.1) is 0 Å². The van der Waals surface area contributed by atoms with Crippen LogP contribution in [0.3, 0.4) is 0 Å². The number of hydrogen-bond acceptors (Lipinski definition) is 2. The van der Waals surface area contributed by atoms with Gasteiger partial charge in [0.2, 0.25) is 0 Å². The maximum atomic E-state index is 10.2. The van der Waals surface area contributed by atoms with E-state index >= 15 is 0 Å². The highest BCUT2D eigenvalue weighted by Gasteiger charge is 2.06. The number of fused-ring (bicyclic) bond motifs is 1. The number of nitrogens with one attached hydrogen (secondary N) is 1. The van der Waals surface area contributed by atoms with Crippen molar-refractivity contribution in [3.8, 4) is 0 Å². The lowest BCUT2D eigenvalue weighted by Gasteiger charge is -2.13. The van der Waals surface area contributed by atoms with Gasteiger partial charge in [-0.1, -0.05) is 66.7 Å². The summed E-state index contributed by atoms with van der Waals surface area (Å²) in [4.78, 5) is 0. The normalized spacial score (nSPS) is 12.2. The van der Waals surface area contributed by atoms with Crippen LogP contribution in [0.1, 0.15) is 18.1 Å². The minimum Gasteiger partial charge on any atom is -0.388 e. The molecule has 0 radical (unpaired) electrons. The second-order valence-electron chi connectivity index (χ2n) is 5.17. The summed E-state index contributed by atoms with van der Waals surface area (Å²) in [6, 6.07) is 24.4. The fourth-order valence-corrected chi connectivity index (χ4v) is 2.56. The average Bonchev–Trinajstić information content (AvgIpc) is 2.56. The fraction of sp³-hybridized carbons (Fsp3) is 0.158. The first kappa shape index (κ1) is 13.7. The van der Waals surface area contributed by atoms with Crippen molar-refractivity contribution < 1.29 is 5.11 Å². The average molecular weight is 277 g/mol. The van der Waals surface area contributed by atoms with E-state index in [0.29, 0.717) is 6.42 Å². The lowest BCUT2D eigenvalue weighted by Crippen LogP contribution is -2.07. The summed E-state index contributed by atoms with van der Waals surface area (Å²) in [6.07, 6.45) is 0.265. The van der Waals surface area contributed by atoms with Crippen molar-refractivity contribution in [2.75, 3.05) is 11.9 Å². The molecule has 0 bridgehead atoms. The van der Waals surface area contributed by atoms with Crippen LogP contribution in [0.2, 0.25) is 0 Å². The Bertz CT molecular complexity index is 704. The van der Waals surface area contributed by atoms with E-state index in [1.54, 1.807) is 0 Å². The molecule has 106 valence electrons. The summed E-state index contributed by atoms with van der Waals surface area (Å²) in [5.74, 6) is 0. The summed E-state index contributed by atoms with van der Waals surface area (Å²) in [6.45, 7) is 0.740. The van der Waals surface area contributed by atoms with Crippen LogP contribution in [0.25, 0.3) is 10.8 Å². The van der Waals surface area contributed by atoms with Crippen LogP contribution in [0.5, 0.6) is 0 Å². The Morgan fingerprint density at radius 2 is 1.52 bits per heavy atom. The maximum Gasteiger partial charge on any atom is 0.0806 e. The van der Waals surface area contributed by atoms with E-state index in [2.05, 4.69) is 35.6 Å². The van der Waals surface area contributed by atoms with Gasteiger partial charge < -0.3 is 10.4 Å². The molecule has 0 spiro atoms. The largest absolute Gasteiger partial charge is 0.388 e. The topological polar surface area (TPSA) is 32.3 Å². The van der Waals surface area contributed by atoms with Gasteiger partial charge in [0.05, 0.1) is 6.10 Å². The summed E-state index contributed by atoms with van der Waals surface area (Å²) in [5.41, 5.74) is 2.09. The van der Waals surface area contributed by atoms with Crippen molar-refractivity contribution in [3.05, 3.63) is 78.4 Å². The van der Waals surface area contributed by atoms with Crippen molar-refractivity contribution >= 4 is 16.5 Å². The van der Waals surface area contributed by atoms with Crippen LogP contribution >= 0.6 is 0 Å². The van der Waals surface area contributed by atoms with Crippen LogP contribution in [-0.4, -0.2) is 11.7 Å². The quantitative estimate of drug-likeness (QED) is 0.725. The third-order valence-electron chi connectivity index (χ3n) is 3.71. The smallest absolute Gasteiger partial charge is 0.0806 e. The molecule has 0 aliphatic heterocycles. The second-order valence-corrected chi connectivity index (χ2v) is 5.17. The first-order valence-electron chi connectivity index (χ1n) is 7.29. The third kappa shape index (κ3) is 3.23. The van der Waals surface area contributed by atoms with Crippen LogP contribution in [0.15, 0.2) is 72.8 Å². The molecule has 2 N–H and O–H groups in total. The molecule has 0 heterocycles. The predicted molar refractivity (Wildman–Crippen MR) is 88.5 cm³/mol. The molecule has 0 unspecified atom stereocenters. The number of benzene rings is 3. The van der Waals surface area contributed by atoms with Gasteiger partial charge in [-0.25, -0.2) is 0 Å². The van der Waals surface area contributed by atoms with Crippen molar-refractivity contribution in [3.63, 3.8) is 0 Å². The zero-order valence-electron chi connectivity index (χ0n) is 11.9. The van der Waals surface area contributed by atoms with Gasteiger partial charge in [0.15, 0.2) is 0 Å². The minimum absolute atomic E-state index is 0.423. The molecule has 0 fully saturated rings. The highest BCUT2D eigenvalue weighted by atomic mass is 16.3. The molecule has 0 aliphatic carbocycles. The zero-order valence-corrected chi connectivity index (χ0v) is 11.9. The highest BCUT2D eigenvalue weighted by molar-refractivity contribution is 5.93. The van der Waals surface area contributed by atoms with E-state index < -0.39 is 6.10 Å². The SMILES string of the molecule is O[C@H](CCNc1cccc2ccccc12)c1ccccc1. The lowest BCUT2D eigenvalue weighted by atomic mass is 10.1. The lowest BCUT2D eigenvalue weighted by molar-refractivity contribution is 0.171. The third-order valence-corrected chi connectivity index (χ3v) is 3.71. The Hall–Kier alpha value is -2.32. The molecular formula is C19H19NO. The molecule has 0 saturated heterocycles. The molecule has 0 aliphatic rings. The van der Waals surface area contributed by atoms with E-state index in [4.69, 9.17) is 0 Å². The number of aliphatic hydroxyl groups is 1. The first-order valence-corrected chi connectivity index (χ1v) is 7.29. The molecule has 21 heavy (non-hydrogen) atoms. The maximum absolute atomic E-state index is 10.2. The van der Waals surface area contributed by atoms with Gasteiger partial charge in [-0.2, -0.15) is 0 Å². The van der Waals surface area contributed by atoms with E-state index in [1.165, 1.54) is 10.8 Å². The monoisotopic (exact) mass is 277 g/mol. The van der Waals surface area contributed by atoms with E-state index in [1.807, 2.05) is 42.5 Å². The summed E-state index contributed by atoms with van der Waals surface area (Å²) in [7, 11) is 0. The summed E-state index contributed by atoms with van der Waals surface area (Å²) < 4.78 is 0. The Morgan fingerprint density at radius 1 is 0.810 bits per heavy atom. The molecule has 3 aromatic carbocycles. The predicted octanol–water partition coefficient (Wildman–Crippen LogP) is 4.38. The zero-order chi connectivity index (χ0) is 14.5. The van der Waals surface area contributed by atoms with Gasteiger partial charge in [-0.15, -0.1) is 0 Å². The Morgan fingerprint density at radius 3 is 2.38 bits per heavy atom. The van der Waals surface area contributed by atoms with Crippen LogP contribution in [0.4, 0.5) is 5.69 Å². The van der Waals surface area contributed by atoms with Crippen molar-refractivity contribution in [1.82, 2.24) is 0 Å². The standard InChI is InChI=1S/C19H19NO/c21-19(16-8-2-1-3-9-16)13-14-20-18-12-6-10-15-7-4-5-11-17(15)18/h1-12,19-21H,13-14H2/t19-/m1/s1. The molecule has 3 aromatic rings. The molecule has 0 saturated carbocycles. The van der Waals surface area contributed by atoms with Gasteiger partial charge in [-0.3, -0.25) is 0 Å². The van der Waals surface area contributed by atoms with E-state index in [-0.39, 0.29) is 0 Å². The van der Waals surface area contributed by atoms with Gasteiger partial charge in [0.25, 0.3) is 0 Å². The Labute approximate surface area is 125 Å². The molecule has 2 nitrogen and oxygen atoms in total. The van der Waals surface area contributed by atoms with Crippen molar-refractivity contribution in [1.29, 1.82) is 0 Å². The number of aliphatic hydroxyl groups excluding tert-OH is 1. The van der Waals surface area contributed by atoms with E-state index in [0.717, 1.165) is 17.8 Å². The molecule has 3 rings (SSSR count). The van der Waals surface area contributed by atoms with Crippen LogP contribution in [-0.2, 0) is 0 Å². The van der Waals surface area contributed by atoms with Crippen LogP contribution < -0.4 is 5.32 Å². The fourth-order valence-electron chi connectivity index (χ4n) is 2.56. The Balaban J connectivity index is 1.65. The summed E-state index contributed by atoms with van der Waals surface area (Å²) >= 11 is 0. The van der Waals surface area contributed by atoms with Crippen molar-refractivity contribution in [2.45, 2.75) is 12.5 Å². The number of anilines is 1. The number of hydrogen-bond donors (Lipinski definition) is 2. The summed E-state index contributed by atoms with van der Waals surface area (Å²) in [5, 5.41) is 16.0. The van der Waals surface area contributed by atoms with Crippen molar-refractivity contribution in [2.24, 2.45) is 0 Å². The molecule has 0 aromatic heterocycles. The second kappa shape index (κ2) is 6.42. The molecule has 2 heteroatoms. The highest BCUT2D eigenvalue weighted by Crippen LogP contribution is 2.23. The number of rotatable bonds is 5. The van der Waals surface area contributed by atoms with Gasteiger partial charge in [-0.05, 0) is 23.4 Å². The first-order chi connectivity index (χ1) is 10.3. The van der Waals surface area contributed by atoms with Gasteiger partial charge in [0.1, 0.15) is 0 Å². The molecule has 1 atom stereocenters. The molecule has 0 amide bonds. The van der Waals surface area contributed by atoms with E-state index in [9.17, 15) is 5.11 Å². The molecular weight excluding hydrogens is 258 g/mol.